The highest BCUT2D eigenvalue weighted by Crippen LogP contribution is 2.46. The molecule has 0 aromatic heterocycles. The van der Waals surface area contributed by atoms with Crippen molar-refractivity contribution in [3.05, 3.63) is 22.9 Å². The van der Waals surface area contributed by atoms with Gasteiger partial charge in [0.2, 0.25) is 5.91 Å². The highest BCUT2D eigenvalue weighted by Gasteiger charge is 2.53. The van der Waals surface area contributed by atoms with Crippen molar-refractivity contribution in [2.45, 2.75) is 90.5 Å². The summed E-state index contributed by atoms with van der Waals surface area (Å²) in [6.45, 7) is 22.5. The van der Waals surface area contributed by atoms with Crippen molar-refractivity contribution in [3.8, 4) is 11.1 Å². The Morgan fingerprint density at radius 3 is 2.12 bits per heavy atom. The molecule has 3 aliphatic rings. The third-order valence-electron chi connectivity index (χ3n) is 6.93. The predicted molar refractivity (Wildman–Crippen MR) is 142 cm³/mol. The average molecular weight is 490 g/mol. The summed E-state index contributed by atoms with van der Waals surface area (Å²) in [5.74, 6) is -0.0195. The number of rotatable bonds is 7. The lowest BCUT2D eigenvalue weighted by molar-refractivity contribution is -0.140. The van der Waals surface area contributed by atoms with Gasteiger partial charge < -0.3 is 9.33 Å². The SMILES string of the molecule is CC(C)[Si](C#C[Si](C)(C)C)(OC[C@@]12C=C[C@@H](CC([Si](C)(C)C)=C1C=O)N(C)C2=O)C(C)C. The van der Waals surface area contributed by atoms with Gasteiger partial charge >= 0.3 is 0 Å². The Labute approximate surface area is 199 Å². The molecule has 0 saturated carbocycles. The zero-order valence-electron chi connectivity index (χ0n) is 22.1. The van der Waals surface area contributed by atoms with E-state index in [1.54, 1.807) is 0 Å². The summed E-state index contributed by atoms with van der Waals surface area (Å²) in [7, 11) is -4.07. The summed E-state index contributed by atoms with van der Waals surface area (Å²) < 4.78 is 6.88. The number of carbonyl (C=O) groups is 2. The predicted octanol–water partition coefficient (Wildman–Crippen LogP) is 5.35. The van der Waals surface area contributed by atoms with E-state index in [0.717, 1.165) is 12.7 Å². The monoisotopic (exact) mass is 489 g/mol. The average Bonchev–Trinajstić information content (AvgIpc) is 2.87. The number of carbonyl (C=O) groups excluding carboxylic acids is 2. The third kappa shape index (κ3) is 4.98. The van der Waals surface area contributed by atoms with Crippen LogP contribution in [0.25, 0.3) is 0 Å². The molecular weight excluding hydrogens is 447 g/mol. The number of hydrogen-bond donors (Lipinski definition) is 0. The van der Waals surface area contributed by atoms with Crippen LogP contribution in [0, 0.1) is 16.5 Å². The Balaban J connectivity index is 2.67. The lowest BCUT2D eigenvalue weighted by atomic mass is 9.78. The van der Waals surface area contributed by atoms with Crippen LogP contribution in [0.15, 0.2) is 22.9 Å². The van der Waals surface area contributed by atoms with Gasteiger partial charge in [-0.05, 0) is 17.5 Å². The molecule has 0 aromatic carbocycles. The molecule has 3 rings (SSSR count). The van der Waals surface area contributed by atoms with Crippen molar-refractivity contribution in [1.29, 1.82) is 0 Å². The molecule has 0 saturated heterocycles. The van der Waals surface area contributed by atoms with Gasteiger partial charge in [0.15, 0.2) is 0 Å². The molecule has 0 aromatic rings. The fourth-order valence-electron chi connectivity index (χ4n) is 4.86. The molecular formula is C25H43NO3Si3. The van der Waals surface area contributed by atoms with E-state index >= 15 is 0 Å². The molecule has 1 aliphatic carbocycles. The van der Waals surface area contributed by atoms with Crippen molar-refractivity contribution in [1.82, 2.24) is 4.90 Å². The van der Waals surface area contributed by atoms with Crippen LogP contribution in [0.4, 0.5) is 0 Å². The quantitative estimate of drug-likeness (QED) is 0.210. The maximum Gasteiger partial charge on any atom is 0.276 e. The molecule has 0 fully saturated rings. The van der Waals surface area contributed by atoms with Crippen LogP contribution in [0.1, 0.15) is 34.1 Å². The third-order valence-corrected chi connectivity index (χ3v) is 14.9. The van der Waals surface area contributed by atoms with Gasteiger partial charge in [0.05, 0.1) is 20.7 Å². The van der Waals surface area contributed by atoms with Crippen LogP contribution in [-0.2, 0) is 14.0 Å². The molecule has 0 unspecified atom stereocenters. The van der Waals surface area contributed by atoms with Crippen molar-refractivity contribution in [2.24, 2.45) is 5.41 Å². The van der Waals surface area contributed by atoms with E-state index in [2.05, 4.69) is 84.1 Å². The van der Waals surface area contributed by atoms with E-state index in [0.29, 0.717) is 5.57 Å². The zero-order chi connectivity index (χ0) is 24.7. The van der Waals surface area contributed by atoms with Crippen LogP contribution >= 0.6 is 0 Å². The lowest BCUT2D eigenvalue weighted by Crippen LogP contribution is -2.53. The molecule has 0 radical (unpaired) electrons. The standard InChI is InChI=1S/C25H43NO3Si3/c1-19(2)32(20(3)4,15-14-30(6,7)8)29-18-25-13-12-21(26(5)24(25)28)16-23(22(25)17-27)31(9,10)11/h12-13,17,19-21H,16,18H2,1-11H3/t21-,25-/m0/s1. The van der Waals surface area contributed by atoms with Gasteiger partial charge in [-0.25, -0.2) is 0 Å². The van der Waals surface area contributed by atoms with Gasteiger partial charge in [-0.3, -0.25) is 9.59 Å². The molecule has 7 heteroatoms. The summed E-state index contributed by atoms with van der Waals surface area (Å²) in [4.78, 5) is 28.1. The van der Waals surface area contributed by atoms with E-state index in [9.17, 15) is 9.59 Å². The van der Waals surface area contributed by atoms with E-state index in [-0.39, 0.29) is 29.6 Å². The van der Waals surface area contributed by atoms with Crippen molar-refractivity contribution in [2.75, 3.05) is 13.7 Å². The van der Waals surface area contributed by atoms with Crippen LogP contribution < -0.4 is 0 Å². The Kier molecular flexibility index (Phi) is 7.78. The van der Waals surface area contributed by atoms with Gasteiger partial charge in [-0.1, -0.05) is 84.3 Å². The van der Waals surface area contributed by atoms with Gasteiger partial charge in [-0.15, -0.1) is 11.1 Å². The Morgan fingerprint density at radius 1 is 1.12 bits per heavy atom. The van der Waals surface area contributed by atoms with Crippen LogP contribution in [-0.4, -0.2) is 61.3 Å². The second kappa shape index (κ2) is 9.21. The van der Waals surface area contributed by atoms with E-state index in [1.165, 1.54) is 5.20 Å². The second-order valence-corrected chi connectivity index (χ2v) is 26.5. The fraction of sp³-hybridized carbons (Fsp3) is 0.680. The Morgan fingerprint density at radius 2 is 1.69 bits per heavy atom. The molecule has 2 atom stereocenters. The Hall–Kier alpha value is -1.21. The summed E-state index contributed by atoms with van der Waals surface area (Å²) in [6, 6.07) is 0.0127. The highest BCUT2D eigenvalue weighted by molar-refractivity contribution is 6.89. The smallest absolute Gasteiger partial charge is 0.276 e. The zero-order valence-corrected chi connectivity index (χ0v) is 25.1. The minimum atomic E-state index is -2.53. The minimum Gasteiger partial charge on any atom is -0.403 e. The van der Waals surface area contributed by atoms with Crippen LogP contribution in [0.3, 0.4) is 0 Å². The summed E-state index contributed by atoms with van der Waals surface area (Å²) >= 11 is 0. The number of aldehydes is 1. The molecule has 32 heavy (non-hydrogen) atoms. The van der Waals surface area contributed by atoms with Crippen LogP contribution in [0.5, 0.6) is 0 Å². The van der Waals surface area contributed by atoms with Crippen LogP contribution in [0.2, 0.25) is 50.4 Å². The molecule has 0 spiro atoms. The summed E-state index contributed by atoms with van der Waals surface area (Å²) in [5, 5.41) is 1.19. The molecule has 2 heterocycles. The normalized spacial score (nSPS) is 24.2. The number of likely N-dealkylation sites (N-methyl/N-ethyl adjacent to an activating group) is 1. The van der Waals surface area contributed by atoms with Gasteiger partial charge in [0.1, 0.15) is 19.8 Å². The number of nitrogens with zero attached hydrogens (tertiary/aromatic N) is 1. The van der Waals surface area contributed by atoms with Gasteiger partial charge in [0, 0.05) is 12.6 Å². The van der Waals surface area contributed by atoms with Crippen molar-refractivity contribution < 1.29 is 14.0 Å². The fourth-order valence-corrected chi connectivity index (χ4v) is 12.2. The first-order valence-corrected chi connectivity index (χ1v) is 20.9. The summed E-state index contributed by atoms with van der Waals surface area (Å²) in [5.41, 5.74) is 7.42. The largest absolute Gasteiger partial charge is 0.403 e. The minimum absolute atomic E-state index is 0.0127. The molecule has 2 bridgehead atoms. The maximum absolute atomic E-state index is 13.7. The van der Waals surface area contributed by atoms with E-state index in [1.807, 2.05) is 18.0 Å². The Bertz CT molecular complexity index is 873. The molecule has 178 valence electrons. The lowest BCUT2D eigenvalue weighted by Gasteiger charge is -2.41. The first-order valence-electron chi connectivity index (χ1n) is 11.9. The van der Waals surface area contributed by atoms with E-state index in [4.69, 9.17) is 4.43 Å². The van der Waals surface area contributed by atoms with Gasteiger partial charge in [0.25, 0.3) is 8.32 Å². The second-order valence-electron chi connectivity index (χ2n) is 12.2. The van der Waals surface area contributed by atoms with E-state index < -0.39 is 29.9 Å². The number of fused-ring (bicyclic) bond motifs is 2. The molecule has 2 aliphatic heterocycles. The maximum atomic E-state index is 13.7. The van der Waals surface area contributed by atoms with Crippen molar-refractivity contribution >= 4 is 36.7 Å². The number of hydrogen-bond acceptors (Lipinski definition) is 3. The van der Waals surface area contributed by atoms with Gasteiger partial charge in [-0.2, -0.15) is 0 Å². The first-order chi connectivity index (χ1) is 14.5. The molecule has 4 nitrogen and oxygen atoms in total. The summed E-state index contributed by atoms with van der Waals surface area (Å²) in [6.07, 6.45) is 5.78. The van der Waals surface area contributed by atoms with Crippen molar-refractivity contribution in [3.63, 3.8) is 0 Å². The highest BCUT2D eigenvalue weighted by atomic mass is 28.4. The topological polar surface area (TPSA) is 46.6 Å². The first kappa shape index (κ1) is 27.0. The number of amides is 1. The molecule has 1 amide bonds. The molecule has 0 N–H and O–H groups in total.